The van der Waals surface area contributed by atoms with E-state index in [0.29, 0.717) is 53.6 Å². The minimum Gasteiger partial charge on any atom is -0.497 e. The molecule has 0 saturated carbocycles. The maximum atomic E-state index is 12.9. The van der Waals surface area contributed by atoms with Gasteiger partial charge in [0.15, 0.2) is 5.65 Å². The summed E-state index contributed by atoms with van der Waals surface area (Å²) in [5.74, 6) is 1.39. The number of pyridine rings is 1. The Hall–Kier alpha value is -4.03. The Balaban J connectivity index is 1.57. The molecule has 0 spiro atoms. The fraction of sp³-hybridized carbons (Fsp3) is 0.433. The summed E-state index contributed by atoms with van der Waals surface area (Å²) >= 11 is 0. The number of hydrogen-bond acceptors (Lipinski definition) is 8. The van der Waals surface area contributed by atoms with Crippen molar-refractivity contribution in [1.29, 1.82) is 0 Å². The highest BCUT2D eigenvalue weighted by molar-refractivity contribution is 6.76. The molecule has 222 valence electrons. The smallest absolute Gasteiger partial charge is 0.224 e. The Kier molecular flexibility index (Phi) is 8.74. The van der Waals surface area contributed by atoms with Gasteiger partial charge in [0.2, 0.25) is 5.91 Å². The summed E-state index contributed by atoms with van der Waals surface area (Å²) in [5, 5.41) is 4.30. The van der Waals surface area contributed by atoms with Crippen LogP contribution in [0.15, 0.2) is 53.9 Å². The van der Waals surface area contributed by atoms with Gasteiger partial charge in [0.05, 0.1) is 44.0 Å². The molecule has 1 saturated heterocycles. The van der Waals surface area contributed by atoms with Crippen LogP contribution in [0, 0.1) is 0 Å². The Bertz CT molecular complexity index is 1620. The van der Waals surface area contributed by atoms with Gasteiger partial charge in [0, 0.05) is 64.7 Å². The fourth-order valence-electron chi connectivity index (χ4n) is 4.93. The van der Waals surface area contributed by atoms with Crippen LogP contribution in [0.5, 0.6) is 11.5 Å². The van der Waals surface area contributed by atoms with Gasteiger partial charge in [-0.25, -0.2) is 9.98 Å². The number of carbonyl (C=O) groups is 1. The number of benzene rings is 1. The molecule has 11 nitrogen and oxygen atoms in total. The van der Waals surface area contributed by atoms with Crippen LogP contribution in [0.1, 0.15) is 12.8 Å². The van der Waals surface area contributed by atoms with E-state index in [-0.39, 0.29) is 18.7 Å². The van der Waals surface area contributed by atoms with E-state index in [4.69, 9.17) is 29.2 Å². The Morgan fingerprint density at radius 1 is 1.07 bits per heavy atom. The van der Waals surface area contributed by atoms with Gasteiger partial charge >= 0.3 is 0 Å². The van der Waals surface area contributed by atoms with E-state index in [2.05, 4.69) is 24.7 Å². The number of likely N-dealkylation sites (tertiary alicyclic amines) is 1. The highest BCUT2D eigenvalue weighted by Crippen LogP contribution is 2.28. The number of amides is 1. The van der Waals surface area contributed by atoms with Crippen molar-refractivity contribution in [2.45, 2.75) is 51.1 Å². The van der Waals surface area contributed by atoms with Gasteiger partial charge in [-0.1, -0.05) is 19.6 Å². The molecule has 1 aliphatic heterocycles. The third-order valence-corrected chi connectivity index (χ3v) is 9.06. The molecule has 1 unspecified atom stereocenters. The summed E-state index contributed by atoms with van der Waals surface area (Å²) < 4.78 is 20.7. The first-order valence-electron chi connectivity index (χ1n) is 14.1. The van der Waals surface area contributed by atoms with Gasteiger partial charge in [-0.2, -0.15) is 5.10 Å². The molecule has 12 heteroatoms. The molecule has 3 aromatic heterocycles. The number of hydrogen-bond donors (Lipinski definition) is 0. The first-order valence-corrected chi connectivity index (χ1v) is 17.8. The van der Waals surface area contributed by atoms with Gasteiger partial charge in [0.25, 0.3) is 0 Å². The van der Waals surface area contributed by atoms with E-state index in [1.165, 1.54) is 0 Å². The van der Waals surface area contributed by atoms with Crippen LogP contribution in [0.25, 0.3) is 22.4 Å². The zero-order valence-corrected chi connectivity index (χ0v) is 26.2. The maximum absolute atomic E-state index is 12.9. The third-order valence-electron chi connectivity index (χ3n) is 7.36. The molecular weight excluding hydrogens is 550 g/mol. The van der Waals surface area contributed by atoms with Crippen molar-refractivity contribution < 1.29 is 19.0 Å². The lowest BCUT2D eigenvalue weighted by atomic mass is 10.2. The molecule has 1 aromatic carbocycles. The van der Waals surface area contributed by atoms with E-state index in [1.54, 1.807) is 31.3 Å². The van der Waals surface area contributed by atoms with Gasteiger partial charge in [-0.05, 0) is 24.6 Å². The highest BCUT2D eigenvalue weighted by atomic mass is 28.3. The molecule has 1 amide bonds. The second-order valence-corrected chi connectivity index (χ2v) is 17.4. The normalized spacial score (nSPS) is 16.0. The monoisotopic (exact) mass is 589 g/mol. The average molecular weight is 590 g/mol. The number of methoxy groups -OCH3 is 2. The van der Waals surface area contributed by atoms with E-state index in [0.717, 1.165) is 23.5 Å². The second kappa shape index (κ2) is 12.5. The molecule has 5 rings (SSSR count). The molecule has 1 atom stereocenters. The largest absolute Gasteiger partial charge is 0.497 e. The fourth-order valence-corrected chi connectivity index (χ4v) is 5.69. The molecule has 4 aromatic rings. The van der Waals surface area contributed by atoms with Crippen molar-refractivity contribution in [2.75, 3.05) is 27.6 Å². The Morgan fingerprint density at radius 2 is 1.83 bits per heavy atom. The summed E-state index contributed by atoms with van der Waals surface area (Å²) in [6.07, 6.45) is 6.64. The maximum Gasteiger partial charge on any atom is 0.224 e. The van der Waals surface area contributed by atoms with Crippen LogP contribution >= 0.6 is 0 Å². The van der Waals surface area contributed by atoms with Crippen molar-refractivity contribution in [3.63, 3.8) is 0 Å². The predicted octanol–water partition coefficient (Wildman–Crippen LogP) is 4.38. The highest BCUT2D eigenvalue weighted by Gasteiger charge is 2.32. The number of ether oxygens (including phenoxy) is 3. The van der Waals surface area contributed by atoms with Crippen molar-refractivity contribution in [1.82, 2.24) is 29.2 Å². The lowest BCUT2D eigenvalue weighted by Crippen LogP contribution is -2.40. The molecule has 0 N–H and O–H groups in total. The van der Waals surface area contributed by atoms with Crippen LogP contribution < -0.4 is 15.0 Å². The number of nitrogens with zero attached hydrogens (tertiary/aromatic N) is 7. The molecule has 0 radical (unpaired) electrons. The molecular formula is C30H39N7O4Si. The van der Waals surface area contributed by atoms with Crippen molar-refractivity contribution in [3.8, 4) is 22.8 Å². The summed E-state index contributed by atoms with van der Waals surface area (Å²) in [5.41, 5.74) is 4.32. The first kappa shape index (κ1) is 29.5. The number of aromatic nitrogens is 5. The topological polar surface area (TPSA) is 109 Å². The minimum absolute atomic E-state index is 0.0716. The summed E-state index contributed by atoms with van der Waals surface area (Å²) in [6.45, 7) is 8.39. The first-order chi connectivity index (χ1) is 20.1. The van der Waals surface area contributed by atoms with E-state index < -0.39 is 8.07 Å². The van der Waals surface area contributed by atoms with Gasteiger partial charge in [-0.3, -0.25) is 14.5 Å². The zero-order chi connectivity index (χ0) is 29.9. The summed E-state index contributed by atoms with van der Waals surface area (Å²) in [7, 11) is 3.86. The van der Waals surface area contributed by atoms with Crippen LogP contribution in [-0.2, 0) is 23.1 Å². The third kappa shape index (κ3) is 6.88. The van der Waals surface area contributed by atoms with Crippen molar-refractivity contribution in [2.24, 2.45) is 12.0 Å². The molecule has 4 heterocycles. The number of aryl methyl sites for hydroxylation is 1. The SMILES string of the molecule is COc1cc(/N=c2\ccc3ncc(-c4cnn(C)c4)nc3n2CC2CCC(=O)N2COCC[Si](C)(C)C)cc(OC)c1. The molecule has 0 aliphatic carbocycles. The molecule has 1 aliphatic rings. The van der Waals surface area contributed by atoms with E-state index in [1.807, 2.05) is 53.0 Å². The predicted molar refractivity (Wildman–Crippen MR) is 163 cm³/mol. The van der Waals surface area contributed by atoms with E-state index in [9.17, 15) is 4.79 Å². The number of rotatable bonds is 11. The average Bonchev–Trinajstić information content (AvgIpc) is 3.56. The number of carbonyl (C=O) groups excluding carboxylic acids is 1. The number of fused-ring (bicyclic) bond motifs is 1. The van der Waals surface area contributed by atoms with Crippen LogP contribution in [0.4, 0.5) is 5.69 Å². The van der Waals surface area contributed by atoms with Crippen molar-refractivity contribution in [3.05, 3.63) is 54.4 Å². The van der Waals surface area contributed by atoms with Crippen LogP contribution in [0.3, 0.4) is 0 Å². The lowest BCUT2D eigenvalue weighted by Gasteiger charge is -2.26. The Morgan fingerprint density at radius 3 is 2.50 bits per heavy atom. The standard InChI is InChI=1S/C30H39N7O4Si/c1-35-18-21(16-32-35)27-17-31-26-8-9-28(33-22-13-24(39-2)15-25(14-22)40-3)36(30(26)34-27)19-23-7-10-29(38)37(23)20-41-11-12-42(4,5)6/h8-9,13-18,23H,7,10-12,19-20H2,1-6H3/b33-28+. The van der Waals surface area contributed by atoms with Crippen LogP contribution in [-0.4, -0.2) is 76.8 Å². The van der Waals surface area contributed by atoms with E-state index >= 15 is 0 Å². The summed E-state index contributed by atoms with van der Waals surface area (Å²) in [4.78, 5) is 29.5. The van der Waals surface area contributed by atoms with Crippen LogP contribution in [0.2, 0.25) is 25.7 Å². The van der Waals surface area contributed by atoms with Gasteiger partial charge in [0.1, 0.15) is 29.2 Å². The molecule has 0 bridgehead atoms. The quantitative estimate of drug-likeness (QED) is 0.189. The van der Waals surface area contributed by atoms with Gasteiger partial charge in [-0.15, -0.1) is 0 Å². The summed E-state index contributed by atoms with van der Waals surface area (Å²) in [6, 6.07) is 10.3. The Labute approximate surface area is 246 Å². The molecule has 1 fully saturated rings. The zero-order valence-electron chi connectivity index (χ0n) is 25.2. The molecule has 42 heavy (non-hydrogen) atoms. The lowest BCUT2D eigenvalue weighted by molar-refractivity contribution is -0.134. The van der Waals surface area contributed by atoms with Crippen molar-refractivity contribution >= 4 is 30.8 Å². The van der Waals surface area contributed by atoms with Gasteiger partial charge < -0.3 is 23.7 Å². The second-order valence-electron chi connectivity index (χ2n) is 11.8. The minimum atomic E-state index is -1.23.